The van der Waals surface area contributed by atoms with E-state index in [2.05, 4.69) is 5.32 Å². The van der Waals surface area contributed by atoms with Crippen molar-refractivity contribution in [2.45, 2.75) is 38.3 Å². The van der Waals surface area contributed by atoms with Crippen molar-refractivity contribution in [1.82, 2.24) is 5.32 Å². The summed E-state index contributed by atoms with van der Waals surface area (Å²) in [4.78, 5) is 22.6. The van der Waals surface area contributed by atoms with E-state index in [1.807, 2.05) is 24.3 Å². The molecule has 3 rings (SSSR count). The molecular weight excluding hydrogens is 270 g/mol. The zero-order valence-electron chi connectivity index (χ0n) is 11.7. The largest absolute Gasteiger partial charge is 0.490 e. The first kappa shape index (κ1) is 13.9. The summed E-state index contributed by atoms with van der Waals surface area (Å²) in [5, 5.41) is 11.6. The van der Waals surface area contributed by atoms with Crippen molar-refractivity contribution in [1.29, 1.82) is 0 Å². The summed E-state index contributed by atoms with van der Waals surface area (Å²) >= 11 is 0. The van der Waals surface area contributed by atoms with Crippen molar-refractivity contribution >= 4 is 11.9 Å². The molecule has 0 radical (unpaired) electrons. The molecule has 5 heteroatoms. The van der Waals surface area contributed by atoms with Crippen LogP contribution in [0.3, 0.4) is 0 Å². The molecule has 2 aliphatic carbocycles. The van der Waals surface area contributed by atoms with Crippen LogP contribution >= 0.6 is 0 Å². The van der Waals surface area contributed by atoms with Crippen LogP contribution in [0.2, 0.25) is 0 Å². The van der Waals surface area contributed by atoms with Gasteiger partial charge in [-0.3, -0.25) is 9.59 Å². The molecule has 2 saturated carbocycles. The van der Waals surface area contributed by atoms with E-state index in [9.17, 15) is 9.59 Å². The number of aliphatic carboxylic acids is 1. The Balaban J connectivity index is 1.55. The predicted molar refractivity (Wildman–Crippen MR) is 75.8 cm³/mol. The minimum Gasteiger partial charge on any atom is -0.490 e. The van der Waals surface area contributed by atoms with Crippen molar-refractivity contribution in [3.05, 3.63) is 29.8 Å². The van der Waals surface area contributed by atoms with Gasteiger partial charge in [-0.2, -0.15) is 0 Å². The second kappa shape index (κ2) is 5.76. The summed E-state index contributed by atoms with van der Waals surface area (Å²) in [6.45, 7) is 0.380. The van der Waals surface area contributed by atoms with Crippen LogP contribution < -0.4 is 10.1 Å². The van der Waals surface area contributed by atoms with Gasteiger partial charge in [0.1, 0.15) is 5.75 Å². The van der Waals surface area contributed by atoms with Gasteiger partial charge in [-0.25, -0.2) is 0 Å². The van der Waals surface area contributed by atoms with E-state index in [-0.39, 0.29) is 11.8 Å². The van der Waals surface area contributed by atoms with Crippen molar-refractivity contribution < 1.29 is 19.4 Å². The van der Waals surface area contributed by atoms with Gasteiger partial charge in [-0.15, -0.1) is 0 Å². The molecule has 5 nitrogen and oxygen atoms in total. The first-order valence-corrected chi connectivity index (χ1v) is 7.40. The van der Waals surface area contributed by atoms with E-state index in [0.29, 0.717) is 19.1 Å². The number of amides is 1. The van der Waals surface area contributed by atoms with E-state index in [1.54, 1.807) is 0 Å². The van der Waals surface area contributed by atoms with Crippen LogP contribution in [0.5, 0.6) is 5.75 Å². The van der Waals surface area contributed by atoms with Gasteiger partial charge in [-0.05, 0) is 31.7 Å². The number of carboxylic acid groups (broad SMARTS) is 1. The number of para-hydroxylation sites is 1. The molecule has 1 aromatic rings. The number of nitrogens with one attached hydrogen (secondary N) is 1. The van der Waals surface area contributed by atoms with E-state index >= 15 is 0 Å². The lowest BCUT2D eigenvalue weighted by atomic mass is 9.96. The molecule has 1 amide bonds. The summed E-state index contributed by atoms with van der Waals surface area (Å²) in [5.41, 5.74) is 0.935. The van der Waals surface area contributed by atoms with Crippen LogP contribution in [0.1, 0.15) is 31.2 Å². The summed E-state index contributed by atoms with van der Waals surface area (Å²) in [6.07, 6.45) is 4.12. The molecule has 2 unspecified atom stereocenters. The summed E-state index contributed by atoms with van der Waals surface area (Å²) < 4.78 is 5.90. The molecule has 0 bridgehead atoms. The molecule has 112 valence electrons. The Bertz CT molecular complexity index is 553. The number of carbonyl (C=O) groups is 2. The van der Waals surface area contributed by atoms with E-state index in [4.69, 9.17) is 9.84 Å². The lowest BCUT2D eigenvalue weighted by Gasteiger charge is -2.27. The zero-order chi connectivity index (χ0) is 14.8. The summed E-state index contributed by atoms with van der Waals surface area (Å²) in [6, 6.07) is 7.67. The fraction of sp³-hybridized carbons (Fsp3) is 0.500. The number of carbonyl (C=O) groups excluding carboxylic acids is 1. The number of carboxylic acids is 1. The number of ether oxygens (including phenoxy) is 1. The lowest BCUT2D eigenvalue weighted by Crippen LogP contribution is -2.28. The monoisotopic (exact) mass is 289 g/mol. The van der Waals surface area contributed by atoms with Gasteiger partial charge >= 0.3 is 5.97 Å². The van der Waals surface area contributed by atoms with E-state index in [1.165, 1.54) is 6.42 Å². The molecule has 2 atom stereocenters. The van der Waals surface area contributed by atoms with Gasteiger partial charge in [0.05, 0.1) is 17.9 Å². The Morgan fingerprint density at radius 3 is 2.62 bits per heavy atom. The van der Waals surface area contributed by atoms with Crippen LogP contribution in [0.25, 0.3) is 0 Å². The van der Waals surface area contributed by atoms with Crippen LogP contribution in [0, 0.1) is 11.8 Å². The predicted octanol–water partition coefficient (Wildman–Crippen LogP) is 1.95. The topological polar surface area (TPSA) is 75.6 Å². The Hall–Kier alpha value is -2.04. The molecule has 1 aromatic carbocycles. The molecule has 2 fully saturated rings. The quantitative estimate of drug-likeness (QED) is 0.839. The smallest absolute Gasteiger partial charge is 0.307 e. The maximum atomic E-state index is 11.9. The molecule has 0 heterocycles. The highest BCUT2D eigenvalue weighted by molar-refractivity contribution is 5.89. The maximum absolute atomic E-state index is 11.9. The average Bonchev–Trinajstić information content (AvgIpc) is 3.22. The van der Waals surface area contributed by atoms with Crippen LogP contribution in [-0.4, -0.2) is 23.1 Å². The Kier molecular flexibility index (Phi) is 3.82. The Morgan fingerprint density at radius 2 is 2.00 bits per heavy atom. The van der Waals surface area contributed by atoms with Gasteiger partial charge in [0.15, 0.2) is 0 Å². The molecule has 21 heavy (non-hydrogen) atoms. The van der Waals surface area contributed by atoms with Crippen LogP contribution in [-0.2, 0) is 16.1 Å². The molecule has 0 saturated heterocycles. The SMILES string of the molecule is O=C(O)C1CC1C(=O)NCc1ccccc1OC1CCC1. The van der Waals surface area contributed by atoms with Crippen molar-refractivity contribution in [3.8, 4) is 5.75 Å². The summed E-state index contributed by atoms with van der Waals surface area (Å²) in [5.74, 6) is -1.13. The highest BCUT2D eigenvalue weighted by Crippen LogP contribution is 2.38. The van der Waals surface area contributed by atoms with Crippen LogP contribution in [0.15, 0.2) is 24.3 Å². The average molecular weight is 289 g/mol. The number of hydrogen-bond donors (Lipinski definition) is 2. The van der Waals surface area contributed by atoms with Gasteiger partial charge < -0.3 is 15.2 Å². The van der Waals surface area contributed by atoms with Gasteiger partial charge in [-0.1, -0.05) is 18.2 Å². The van der Waals surface area contributed by atoms with E-state index < -0.39 is 11.9 Å². The van der Waals surface area contributed by atoms with E-state index in [0.717, 1.165) is 24.2 Å². The third-order valence-electron chi connectivity index (χ3n) is 4.22. The van der Waals surface area contributed by atoms with Crippen molar-refractivity contribution in [3.63, 3.8) is 0 Å². The first-order valence-electron chi connectivity index (χ1n) is 7.40. The van der Waals surface area contributed by atoms with Crippen LogP contribution in [0.4, 0.5) is 0 Å². The second-order valence-electron chi connectivity index (χ2n) is 5.78. The van der Waals surface area contributed by atoms with Crippen molar-refractivity contribution in [2.24, 2.45) is 11.8 Å². The maximum Gasteiger partial charge on any atom is 0.307 e. The third-order valence-corrected chi connectivity index (χ3v) is 4.22. The minimum atomic E-state index is -0.885. The fourth-order valence-corrected chi connectivity index (χ4v) is 2.50. The first-order chi connectivity index (χ1) is 10.1. The number of benzene rings is 1. The Morgan fingerprint density at radius 1 is 1.24 bits per heavy atom. The molecule has 2 N–H and O–H groups in total. The highest BCUT2D eigenvalue weighted by Gasteiger charge is 2.48. The molecule has 0 aromatic heterocycles. The fourth-order valence-electron chi connectivity index (χ4n) is 2.50. The zero-order valence-corrected chi connectivity index (χ0v) is 11.7. The summed E-state index contributed by atoms with van der Waals surface area (Å²) in [7, 11) is 0. The van der Waals surface area contributed by atoms with Gasteiger partial charge in [0.2, 0.25) is 5.91 Å². The van der Waals surface area contributed by atoms with Gasteiger partial charge in [0.25, 0.3) is 0 Å². The second-order valence-corrected chi connectivity index (χ2v) is 5.78. The molecular formula is C16H19NO4. The third kappa shape index (κ3) is 3.17. The van der Waals surface area contributed by atoms with Crippen molar-refractivity contribution in [2.75, 3.05) is 0 Å². The normalized spacial score (nSPS) is 24.0. The Labute approximate surface area is 123 Å². The number of rotatable bonds is 6. The standard InChI is InChI=1S/C16H19NO4/c18-15(12-8-13(12)16(19)20)17-9-10-4-1-2-7-14(10)21-11-5-3-6-11/h1-2,4,7,11-13H,3,5-6,8-9H2,(H,17,18)(H,19,20). The highest BCUT2D eigenvalue weighted by atomic mass is 16.5. The lowest BCUT2D eigenvalue weighted by molar-refractivity contribution is -0.140. The molecule has 0 aliphatic heterocycles. The minimum absolute atomic E-state index is 0.180. The molecule has 2 aliphatic rings. The number of hydrogen-bond acceptors (Lipinski definition) is 3. The van der Waals surface area contributed by atoms with Gasteiger partial charge in [0, 0.05) is 12.1 Å². The molecule has 0 spiro atoms.